The first-order chi connectivity index (χ1) is 18.1. The maximum atomic E-state index is 6.52. The third-order valence-electron chi connectivity index (χ3n) is 10.4. The van der Waals surface area contributed by atoms with Crippen LogP contribution in [-0.2, 0) is 18.6 Å². The van der Waals surface area contributed by atoms with E-state index < -0.39 is 22.3 Å². The second-order valence-electron chi connectivity index (χ2n) is 13.6. The Morgan fingerprint density at radius 3 is 1.56 bits per heavy atom. The van der Waals surface area contributed by atoms with Crippen LogP contribution < -0.4 is 16.1 Å². The van der Waals surface area contributed by atoms with Crippen molar-refractivity contribution in [3.63, 3.8) is 0 Å². The van der Waals surface area contributed by atoms with Crippen molar-refractivity contribution in [3.8, 4) is 0 Å². The van der Waals surface area contributed by atoms with Gasteiger partial charge in [-0.05, 0) is 83.6 Å². The predicted octanol–water partition coefficient (Wildman–Crippen LogP) is 5.70. The molecule has 2 saturated heterocycles. The van der Waals surface area contributed by atoms with E-state index in [0.29, 0.717) is 0 Å². The van der Waals surface area contributed by atoms with Crippen molar-refractivity contribution in [2.45, 2.75) is 117 Å². The number of benzene rings is 2. The Bertz CT molecular complexity index is 1380. The average Bonchev–Trinajstić information content (AvgIpc) is 3.23. The highest BCUT2D eigenvalue weighted by molar-refractivity contribution is 6.93. The van der Waals surface area contributed by atoms with Gasteiger partial charge < -0.3 is 18.6 Å². The van der Waals surface area contributed by atoms with Crippen LogP contribution in [0.2, 0.25) is 18.1 Å². The van der Waals surface area contributed by atoms with E-state index in [-0.39, 0.29) is 22.4 Å². The summed E-state index contributed by atoms with van der Waals surface area (Å²) in [6.45, 7) is 23.9. The zero-order valence-corrected chi connectivity index (χ0v) is 26.8. The van der Waals surface area contributed by atoms with E-state index in [1.807, 2.05) is 0 Å². The van der Waals surface area contributed by atoms with Crippen molar-refractivity contribution in [3.05, 3.63) is 36.4 Å². The molecule has 0 amide bonds. The van der Waals surface area contributed by atoms with Crippen LogP contribution >= 0.6 is 0 Å². The molecule has 0 unspecified atom stereocenters. The summed E-state index contributed by atoms with van der Waals surface area (Å²) in [5, 5.41) is 3.65. The van der Waals surface area contributed by atoms with Gasteiger partial charge in [0.25, 0.3) is 0 Å². The molecule has 0 bridgehead atoms. The molecule has 5 nitrogen and oxygen atoms in total. The van der Waals surface area contributed by atoms with Crippen molar-refractivity contribution in [1.29, 1.82) is 0 Å². The van der Waals surface area contributed by atoms with Crippen LogP contribution in [0.15, 0.2) is 36.4 Å². The molecule has 0 radical (unpaired) electrons. The molecular formula is C31H45B2NO4Si. The highest BCUT2D eigenvalue weighted by Crippen LogP contribution is 2.38. The zero-order chi connectivity index (χ0) is 28.6. The van der Waals surface area contributed by atoms with Gasteiger partial charge in [-0.15, -0.1) is 0 Å². The number of aromatic nitrogens is 1. The fourth-order valence-electron chi connectivity index (χ4n) is 5.96. The fraction of sp³-hybridized carbons (Fsp3) is 0.581. The second-order valence-corrected chi connectivity index (χ2v) is 18.8. The van der Waals surface area contributed by atoms with Gasteiger partial charge in [0.05, 0.1) is 41.5 Å². The third-order valence-corrected chi connectivity index (χ3v) is 16.0. The van der Waals surface area contributed by atoms with Crippen molar-refractivity contribution < 1.29 is 18.6 Å². The molecule has 2 aromatic carbocycles. The number of rotatable bonds is 6. The zero-order valence-electron chi connectivity index (χ0n) is 25.8. The van der Waals surface area contributed by atoms with Crippen LogP contribution in [0, 0.1) is 0 Å². The number of nitrogens with zero attached hydrogens (tertiary/aromatic N) is 1. The normalized spacial score (nSPS) is 21.8. The molecule has 3 heterocycles. The topological polar surface area (TPSA) is 49.8 Å². The molecule has 39 heavy (non-hydrogen) atoms. The van der Waals surface area contributed by atoms with Crippen LogP contribution in [0.3, 0.4) is 0 Å². The maximum Gasteiger partial charge on any atom is 0.494 e. The molecular weight excluding hydrogens is 500 g/mol. The Morgan fingerprint density at radius 1 is 0.615 bits per heavy atom. The smallest absolute Gasteiger partial charge is 0.399 e. The maximum absolute atomic E-state index is 6.52. The SMILES string of the molecule is CC[Si](CC)(CC)c1cc(B2OC(C)(C)C(C)(C)O2)cc2cc3cc(B4OC(C)(C)C(C)(C)O4)ccc3nc12. The van der Waals surface area contributed by atoms with Crippen LogP contribution in [0.4, 0.5) is 0 Å². The Labute approximate surface area is 236 Å². The van der Waals surface area contributed by atoms with Gasteiger partial charge in [0.15, 0.2) is 0 Å². The van der Waals surface area contributed by atoms with Gasteiger partial charge in [-0.3, -0.25) is 0 Å². The summed E-state index contributed by atoms with van der Waals surface area (Å²) in [4.78, 5) is 5.31. The van der Waals surface area contributed by atoms with Crippen molar-refractivity contribution >= 4 is 60.2 Å². The first-order valence-electron chi connectivity index (χ1n) is 14.7. The fourth-order valence-corrected chi connectivity index (χ4v) is 9.78. The van der Waals surface area contributed by atoms with Gasteiger partial charge >= 0.3 is 14.2 Å². The van der Waals surface area contributed by atoms with Crippen molar-refractivity contribution in [2.75, 3.05) is 0 Å². The molecule has 3 aromatic rings. The summed E-state index contributed by atoms with van der Waals surface area (Å²) >= 11 is 0. The van der Waals surface area contributed by atoms with Gasteiger partial charge in [0.1, 0.15) is 0 Å². The summed E-state index contributed by atoms with van der Waals surface area (Å²) in [7, 11) is -2.58. The first kappa shape index (κ1) is 28.8. The highest BCUT2D eigenvalue weighted by atomic mass is 28.3. The van der Waals surface area contributed by atoms with Gasteiger partial charge in [-0.2, -0.15) is 0 Å². The molecule has 8 heteroatoms. The Hall–Kier alpha value is -1.70. The minimum absolute atomic E-state index is 0.380. The summed E-state index contributed by atoms with van der Waals surface area (Å²) in [6.07, 6.45) is 0. The lowest BCUT2D eigenvalue weighted by Crippen LogP contribution is -2.49. The minimum atomic E-state index is -1.78. The lowest BCUT2D eigenvalue weighted by atomic mass is 9.77. The molecule has 0 saturated carbocycles. The van der Waals surface area contributed by atoms with Crippen LogP contribution in [0.25, 0.3) is 21.8 Å². The van der Waals surface area contributed by atoms with E-state index in [4.69, 9.17) is 23.6 Å². The van der Waals surface area contributed by atoms with E-state index in [0.717, 1.165) is 32.7 Å². The second kappa shape index (κ2) is 9.42. The first-order valence-corrected chi connectivity index (χ1v) is 17.3. The number of hydrogen-bond acceptors (Lipinski definition) is 5. The highest BCUT2D eigenvalue weighted by Gasteiger charge is 2.53. The Kier molecular flexibility index (Phi) is 6.96. The standard InChI is InChI=1S/C31H45B2NO4Si/c1-12-39(13-2,14-3)26-20-24(33-37-30(8,9)31(10,11)38-33)19-22-17-21-18-23(15-16-25(21)34-27(22)26)32-35-28(4,5)29(6,7)36-32/h15-20H,12-14H2,1-11H3. The molecule has 0 N–H and O–H groups in total. The van der Waals surface area contributed by atoms with Gasteiger partial charge in [0, 0.05) is 10.8 Å². The van der Waals surface area contributed by atoms with Gasteiger partial charge in [-0.1, -0.05) is 63.2 Å². The van der Waals surface area contributed by atoms with E-state index in [1.54, 1.807) is 0 Å². The van der Waals surface area contributed by atoms with Gasteiger partial charge in [-0.25, -0.2) is 4.98 Å². The number of hydrogen-bond donors (Lipinski definition) is 0. The Balaban J connectivity index is 1.68. The number of pyridine rings is 1. The molecule has 0 aliphatic carbocycles. The summed E-state index contributed by atoms with van der Waals surface area (Å²) < 4.78 is 25.7. The molecule has 1 aromatic heterocycles. The molecule has 2 fully saturated rings. The monoisotopic (exact) mass is 545 g/mol. The van der Waals surface area contributed by atoms with E-state index >= 15 is 0 Å². The minimum Gasteiger partial charge on any atom is -0.399 e. The van der Waals surface area contributed by atoms with Crippen LogP contribution in [-0.4, -0.2) is 49.7 Å². The molecule has 5 rings (SSSR count). The molecule has 208 valence electrons. The summed E-state index contributed by atoms with van der Waals surface area (Å²) in [5.41, 5.74) is 2.70. The van der Waals surface area contributed by atoms with Crippen molar-refractivity contribution in [1.82, 2.24) is 4.98 Å². The third kappa shape index (κ3) is 4.60. The molecule has 0 spiro atoms. The molecule has 2 aliphatic rings. The van der Waals surface area contributed by atoms with Crippen LogP contribution in [0.5, 0.6) is 0 Å². The van der Waals surface area contributed by atoms with Gasteiger partial charge in [0.2, 0.25) is 0 Å². The Morgan fingerprint density at radius 2 is 1.08 bits per heavy atom. The van der Waals surface area contributed by atoms with E-state index in [9.17, 15) is 0 Å². The lowest BCUT2D eigenvalue weighted by molar-refractivity contribution is 0.00578. The average molecular weight is 545 g/mol. The quantitative estimate of drug-likeness (QED) is 0.294. The van der Waals surface area contributed by atoms with E-state index in [1.165, 1.54) is 23.3 Å². The summed E-state index contributed by atoms with van der Waals surface area (Å²) in [5.74, 6) is 0. The predicted molar refractivity (Wildman–Crippen MR) is 168 cm³/mol. The van der Waals surface area contributed by atoms with Crippen molar-refractivity contribution in [2.24, 2.45) is 0 Å². The summed E-state index contributed by atoms with van der Waals surface area (Å²) in [6, 6.07) is 16.8. The van der Waals surface area contributed by atoms with Crippen LogP contribution in [0.1, 0.15) is 76.2 Å². The lowest BCUT2D eigenvalue weighted by Gasteiger charge is -2.32. The number of fused-ring (bicyclic) bond motifs is 2. The van der Waals surface area contributed by atoms with E-state index in [2.05, 4.69) is 113 Å². The largest absolute Gasteiger partial charge is 0.494 e. The molecule has 2 aliphatic heterocycles. The molecule has 0 atom stereocenters.